The van der Waals surface area contributed by atoms with Crippen LogP contribution in [0.3, 0.4) is 0 Å². The minimum Gasteiger partial charge on any atom is -0.479 e. The monoisotopic (exact) mass is 371 g/mol. The summed E-state index contributed by atoms with van der Waals surface area (Å²) in [6.45, 7) is 0.278. The molecule has 0 aliphatic rings. The molecule has 0 aliphatic heterocycles. The second-order valence-electron chi connectivity index (χ2n) is 4.98. The Morgan fingerprint density at radius 3 is 2.84 bits per heavy atom. The molecule has 2 rings (SSSR count). The first-order chi connectivity index (χ1) is 11.9. The molecule has 1 heterocycles. The van der Waals surface area contributed by atoms with Gasteiger partial charge in [0.1, 0.15) is 0 Å². The second kappa shape index (κ2) is 8.58. The van der Waals surface area contributed by atoms with E-state index in [0.29, 0.717) is 13.0 Å². The maximum absolute atomic E-state index is 13.9. The van der Waals surface area contributed by atoms with Crippen molar-refractivity contribution in [1.82, 2.24) is 14.5 Å². The number of hydrogen-bond acceptors (Lipinski definition) is 6. The van der Waals surface area contributed by atoms with Crippen molar-refractivity contribution < 1.29 is 27.1 Å². The van der Waals surface area contributed by atoms with E-state index in [1.807, 2.05) is 0 Å². The van der Waals surface area contributed by atoms with Crippen molar-refractivity contribution in [3.05, 3.63) is 42.5 Å². The first-order valence-electron chi connectivity index (χ1n) is 7.38. The number of sulfonamides is 1. The Morgan fingerprint density at radius 2 is 2.20 bits per heavy atom. The number of carbonyl (C=O) groups excluding carboxylic acids is 1. The number of carbonyl (C=O) groups is 1. The lowest BCUT2D eigenvalue weighted by molar-refractivity contribution is -0.142. The van der Waals surface area contributed by atoms with Gasteiger partial charge in [-0.1, -0.05) is 0 Å². The number of hydrogen-bond donors (Lipinski definition) is 1. The topological polar surface area (TPSA) is 99.5 Å². The molecule has 8 nitrogen and oxygen atoms in total. The van der Waals surface area contributed by atoms with Crippen LogP contribution in [0.25, 0.3) is 0 Å². The third-order valence-electron chi connectivity index (χ3n) is 3.20. The maximum Gasteiger partial charge on any atom is 0.343 e. The van der Waals surface area contributed by atoms with E-state index in [-0.39, 0.29) is 17.2 Å². The third kappa shape index (κ3) is 5.54. The largest absolute Gasteiger partial charge is 0.479 e. The highest BCUT2D eigenvalue weighted by Gasteiger charge is 2.17. The molecular formula is C15H18FN3O5S. The zero-order valence-electron chi connectivity index (χ0n) is 13.5. The van der Waals surface area contributed by atoms with Crippen molar-refractivity contribution in [1.29, 1.82) is 0 Å². The zero-order chi connectivity index (χ0) is 18.3. The van der Waals surface area contributed by atoms with Crippen LogP contribution in [0.4, 0.5) is 4.39 Å². The molecule has 0 aliphatic carbocycles. The van der Waals surface area contributed by atoms with Crippen LogP contribution in [-0.4, -0.2) is 44.4 Å². The van der Waals surface area contributed by atoms with Gasteiger partial charge < -0.3 is 9.47 Å². The average molecular weight is 371 g/mol. The highest BCUT2D eigenvalue weighted by Crippen LogP contribution is 2.21. The van der Waals surface area contributed by atoms with Crippen molar-refractivity contribution >= 4 is 16.0 Å². The van der Waals surface area contributed by atoms with Crippen LogP contribution >= 0.6 is 0 Å². The molecule has 0 saturated heterocycles. The summed E-state index contributed by atoms with van der Waals surface area (Å²) in [4.78, 5) is 10.7. The van der Waals surface area contributed by atoms with Gasteiger partial charge in [0.2, 0.25) is 10.0 Å². The molecule has 0 bridgehead atoms. The van der Waals surface area contributed by atoms with Crippen molar-refractivity contribution in [3.63, 3.8) is 0 Å². The minimum atomic E-state index is -3.84. The molecule has 0 amide bonds. The average Bonchev–Trinajstić information content (AvgIpc) is 3.10. The van der Waals surface area contributed by atoms with Gasteiger partial charge in [-0.15, -0.1) is 0 Å². The third-order valence-corrected chi connectivity index (χ3v) is 4.66. The summed E-state index contributed by atoms with van der Waals surface area (Å²) >= 11 is 0. The van der Waals surface area contributed by atoms with Gasteiger partial charge in [0, 0.05) is 25.5 Å². The number of methoxy groups -OCH3 is 1. The first-order valence-corrected chi connectivity index (χ1v) is 8.87. The van der Waals surface area contributed by atoms with Gasteiger partial charge in [0.25, 0.3) is 0 Å². The number of ether oxygens (including phenoxy) is 2. The Balaban J connectivity index is 1.92. The molecule has 0 atom stereocenters. The van der Waals surface area contributed by atoms with Crippen molar-refractivity contribution in [2.24, 2.45) is 0 Å². The van der Waals surface area contributed by atoms with Crippen LogP contribution in [0.1, 0.15) is 6.42 Å². The van der Waals surface area contributed by atoms with Gasteiger partial charge in [-0.3, -0.25) is 4.68 Å². The van der Waals surface area contributed by atoms with Crippen molar-refractivity contribution in [3.8, 4) is 5.75 Å². The normalized spacial score (nSPS) is 11.3. The van der Waals surface area contributed by atoms with Gasteiger partial charge >= 0.3 is 5.97 Å². The number of esters is 1. The van der Waals surface area contributed by atoms with Crippen LogP contribution in [0.15, 0.2) is 41.6 Å². The Labute approximate surface area is 144 Å². The molecule has 0 radical (unpaired) electrons. The zero-order valence-corrected chi connectivity index (χ0v) is 14.3. The van der Waals surface area contributed by atoms with Crippen molar-refractivity contribution in [2.45, 2.75) is 17.9 Å². The lowest BCUT2D eigenvalue weighted by Crippen LogP contribution is -2.25. The van der Waals surface area contributed by atoms with Crippen molar-refractivity contribution in [2.75, 3.05) is 20.3 Å². The van der Waals surface area contributed by atoms with E-state index in [4.69, 9.17) is 4.74 Å². The van der Waals surface area contributed by atoms with Gasteiger partial charge in [-0.25, -0.2) is 22.3 Å². The Kier molecular flexibility index (Phi) is 6.48. The lowest BCUT2D eigenvalue weighted by atomic mass is 10.3. The fraction of sp³-hybridized carbons (Fsp3) is 0.333. The Hall–Kier alpha value is -2.46. The highest BCUT2D eigenvalue weighted by molar-refractivity contribution is 7.89. The van der Waals surface area contributed by atoms with Gasteiger partial charge in [-0.2, -0.15) is 5.10 Å². The summed E-state index contributed by atoms with van der Waals surface area (Å²) in [7, 11) is -2.67. The quantitative estimate of drug-likeness (QED) is 0.520. The van der Waals surface area contributed by atoms with Crippen LogP contribution in [-0.2, 0) is 26.1 Å². The summed E-state index contributed by atoms with van der Waals surface area (Å²) in [5.41, 5.74) is 0. The molecule has 10 heteroatoms. The minimum absolute atomic E-state index is 0.185. The van der Waals surface area contributed by atoms with E-state index in [1.54, 1.807) is 23.1 Å². The number of nitrogens with zero attached hydrogens (tertiary/aromatic N) is 2. The number of rotatable bonds is 9. The number of aromatic nitrogens is 2. The van der Waals surface area contributed by atoms with E-state index in [1.165, 1.54) is 13.2 Å². The van der Waals surface area contributed by atoms with E-state index < -0.39 is 28.4 Å². The smallest absolute Gasteiger partial charge is 0.343 e. The van der Waals surface area contributed by atoms with Gasteiger partial charge in [0.05, 0.1) is 12.0 Å². The predicted molar refractivity (Wildman–Crippen MR) is 85.9 cm³/mol. The highest BCUT2D eigenvalue weighted by atomic mass is 32.2. The van der Waals surface area contributed by atoms with E-state index in [0.717, 1.165) is 12.1 Å². The summed E-state index contributed by atoms with van der Waals surface area (Å²) in [6.07, 6.45) is 3.94. The SMILES string of the molecule is COC(=O)COc1ccc(S(=O)(=O)NCCCn2cccn2)cc1F. The van der Waals surface area contributed by atoms with Crippen LogP contribution < -0.4 is 9.46 Å². The molecule has 136 valence electrons. The van der Waals surface area contributed by atoms with Crippen LogP contribution in [0, 0.1) is 5.82 Å². The molecular weight excluding hydrogens is 353 g/mol. The molecule has 1 aromatic heterocycles. The number of benzene rings is 1. The maximum atomic E-state index is 13.9. The number of nitrogens with one attached hydrogen (secondary N) is 1. The van der Waals surface area contributed by atoms with Crippen LogP contribution in [0.2, 0.25) is 0 Å². The summed E-state index contributed by atoms with van der Waals surface area (Å²) in [5, 5.41) is 4.01. The Bertz CT molecular complexity index is 809. The molecule has 0 unspecified atom stereocenters. The number of aryl methyl sites for hydroxylation is 1. The molecule has 0 saturated carbocycles. The summed E-state index contributed by atoms with van der Waals surface area (Å²) in [5.74, 6) is -1.79. The van der Waals surface area contributed by atoms with E-state index in [2.05, 4.69) is 14.6 Å². The predicted octanol–water partition coefficient (Wildman–Crippen LogP) is 0.943. The van der Waals surface area contributed by atoms with E-state index in [9.17, 15) is 17.6 Å². The molecule has 2 aromatic rings. The molecule has 1 aromatic carbocycles. The first kappa shape index (κ1) is 18.9. The fourth-order valence-electron chi connectivity index (χ4n) is 1.93. The number of halogens is 1. The van der Waals surface area contributed by atoms with E-state index >= 15 is 0 Å². The van der Waals surface area contributed by atoms with Gasteiger partial charge in [0.15, 0.2) is 18.2 Å². The summed E-state index contributed by atoms with van der Waals surface area (Å²) < 4.78 is 51.6. The fourth-order valence-corrected chi connectivity index (χ4v) is 3.01. The Morgan fingerprint density at radius 1 is 1.40 bits per heavy atom. The molecule has 0 spiro atoms. The summed E-state index contributed by atoms with van der Waals surface area (Å²) in [6, 6.07) is 4.96. The lowest BCUT2D eigenvalue weighted by Gasteiger charge is -2.09. The molecule has 0 fully saturated rings. The molecule has 25 heavy (non-hydrogen) atoms. The van der Waals surface area contributed by atoms with Crippen LogP contribution in [0.5, 0.6) is 5.75 Å². The standard InChI is InChI=1S/C15H18FN3O5S/c1-23-15(20)11-24-14-5-4-12(10-13(14)16)25(21,22)18-7-3-9-19-8-2-6-17-19/h2,4-6,8,10,18H,3,7,9,11H2,1H3. The molecule has 1 N–H and O–H groups in total. The van der Waals surface area contributed by atoms with Gasteiger partial charge in [-0.05, 0) is 30.7 Å². The second-order valence-corrected chi connectivity index (χ2v) is 6.74.